The van der Waals surface area contributed by atoms with Crippen molar-refractivity contribution in [2.45, 2.75) is 24.8 Å². The molecule has 0 saturated carbocycles. The molecule has 0 amide bonds. The number of thioether (sulfide) groups is 1. The second kappa shape index (κ2) is 8.62. The number of benzene rings is 1. The van der Waals surface area contributed by atoms with Crippen LogP contribution in [0.25, 0.3) is 0 Å². The van der Waals surface area contributed by atoms with Gasteiger partial charge in [0.05, 0.1) is 6.61 Å². The number of rotatable bonds is 8. The zero-order valence-electron chi connectivity index (χ0n) is 10.2. The van der Waals surface area contributed by atoms with Crippen LogP contribution in [0.4, 0.5) is 0 Å². The molecule has 3 heteroatoms. The molecular weight excluding hydrogens is 218 g/mol. The predicted molar refractivity (Wildman–Crippen MR) is 71.0 cm³/mol. The molecule has 0 atom stereocenters. The maximum absolute atomic E-state index is 5.02. The van der Waals surface area contributed by atoms with Gasteiger partial charge in [0.1, 0.15) is 0 Å². The highest BCUT2D eigenvalue weighted by Gasteiger charge is 1.95. The molecule has 0 bridgehead atoms. The van der Waals surface area contributed by atoms with Gasteiger partial charge in [-0.25, -0.2) is 0 Å². The van der Waals surface area contributed by atoms with Crippen LogP contribution in [0.3, 0.4) is 0 Å². The van der Waals surface area contributed by atoms with Gasteiger partial charge in [-0.1, -0.05) is 19.1 Å². The van der Waals surface area contributed by atoms with Gasteiger partial charge in [0, 0.05) is 24.3 Å². The molecule has 0 radical (unpaired) electrons. The highest BCUT2D eigenvalue weighted by molar-refractivity contribution is 7.99. The molecule has 0 fully saturated rings. The zero-order valence-corrected chi connectivity index (χ0v) is 11.0. The molecule has 90 valence electrons. The van der Waals surface area contributed by atoms with Crippen molar-refractivity contribution in [1.82, 2.24) is 5.32 Å². The summed E-state index contributed by atoms with van der Waals surface area (Å²) < 4.78 is 5.02. The average molecular weight is 239 g/mol. The maximum atomic E-state index is 5.02. The van der Waals surface area contributed by atoms with Crippen LogP contribution in [-0.2, 0) is 11.3 Å². The van der Waals surface area contributed by atoms with E-state index in [1.54, 1.807) is 7.11 Å². The van der Waals surface area contributed by atoms with Crippen molar-refractivity contribution in [3.05, 3.63) is 29.8 Å². The second-order valence-electron chi connectivity index (χ2n) is 3.66. The van der Waals surface area contributed by atoms with Crippen LogP contribution in [-0.4, -0.2) is 26.0 Å². The molecule has 0 unspecified atom stereocenters. The minimum Gasteiger partial charge on any atom is -0.384 e. The van der Waals surface area contributed by atoms with E-state index in [0.29, 0.717) is 0 Å². The van der Waals surface area contributed by atoms with Crippen molar-refractivity contribution in [3.8, 4) is 0 Å². The van der Waals surface area contributed by atoms with Gasteiger partial charge in [-0.3, -0.25) is 0 Å². The normalized spacial score (nSPS) is 10.6. The number of hydrogen-bond acceptors (Lipinski definition) is 3. The lowest BCUT2D eigenvalue weighted by atomic mass is 10.2. The number of nitrogens with one attached hydrogen (secondary N) is 1. The van der Waals surface area contributed by atoms with Gasteiger partial charge in [-0.15, -0.1) is 11.8 Å². The van der Waals surface area contributed by atoms with Crippen molar-refractivity contribution in [1.29, 1.82) is 0 Å². The fourth-order valence-corrected chi connectivity index (χ4v) is 2.17. The van der Waals surface area contributed by atoms with E-state index in [2.05, 4.69) is 36.5 Å². The highest BCUT2D eigenvalue weighted by atomic mass is 32.2. The van der Waals surface area contributed by atoms with Gasteiger partial charge in [-0.2, -0.15) is 0 Å². The van der Waals surface area contributed by atoms with Crippen LogP contribution in [0.1, 0.15) is 18.9 Å². The summed E-state index contributed by atoms with van der Waals surface area (Å²) in [5, 5.41) is 3.40. The average Bonchev–Trinajstić information content (AvgIpc) is 2.32. The van der Waals surface area contributed by atoms with E-state index < -0.39 is 0 Å². The smallest absolute Gasteiger partial charge is 0.0556 e. The Morgan fingerprint density at radius 1 is 1.25 bits per heavy atom. The standard InChI is InChI=1S/C13H21NOS/c1-3-8-14-11-12-4-6-13(7-5-12)16-10-9-15-2/h4-7,14H,3,8-11H2,1-2H3. The first-order valence-corrected chi connectivity index (χ1v) is 6.76. The van der Waals surface area contributed by atoms with Gasteiger partial charge < -0.3 is 10.1 Å². The van der Waals surface area contributed by atoms with Crippen molar-refractivity contribution in [2.24, 2.45) is 0 Å². The molecular formula is C13H21NOS. The molecule has 16 heavy (non-hydrogen) atoms. The first-order chi connectivity index (χ1) is 7.86. The van der Waals surface area contributed by atoms with E-state index in [4.69, 9.17) is 4.74 Å². The van der Waals surface area contributed by atoms with Gasteiger partial charge in [-0.05, 0) is 30.7 Å². The fourth-order valence-electron chi connectivity index (χ4n) is 1.36. The fraction of sp³-hybridized carbons (Fsp3) is 0.538. The van der Waals surface area contributed by atoms with E-state index in [1.165, 1.54) is 16.9 Å². The molecule has 1 rings (SSSR count). The number of ether oxygens (including phenoxy) is 1. The molecule has 2 nitrogen and oxygen atoms in total. The van der Waals surface area contributed by atoms with E-state index in [1.807, 2.05) is 11.8 Å². The summed E-state index contributed by atoms with van der Waals surface area (Å²) in [6, 6.07) is 8.75. The first kappa shape index (κ1) is 13.6. The van der Waals surface area contributed by atoms with Crippen LogP contribution in [0.15, 0.2) is 29.2 Å². The summed E-state index contributed by atoms with van der Waals surface area (Å²) in [6.07, 6.45) is 1.19. The SMILES string of the molecule is CCCNCc1ccc(SCCOC)cc1. The predicted octanol–water partition coefficient (Wildman–Crippen LogP) is 2.92. The van der Waals surface area contributed by atoms with E-state index >= 15 is 0 Å². The summed E-state index contributed by atoms with van der Waals surface area (Å²) in [5.41, 5.74) is 1.35. The Bertz CT molecular complexity index is 245. The van der Waals surface area contributed by atoms with Crippen LogP contribution in [0, 0.1) is 0 Å². The minimum atomic E-state index is 0.810. The lowest BCUT2D eigenvalue weighted by molar-refractivity contribution is 0.218. The Morgan fingerprint density at radius 2 is 2.00 bits per heavy atom. The van der Waals surface area contributed by atoms with Crippen LogP contribution >= 0.6 is 11.8 Å². The number of hydrogen-bond donors (Lipinski definition) is 1. The third kappa shape index (κ3) is 5.54. The summed E-state index contributed by atoms with van der Waals surface area (Å²) in [6.45, 7) is 5.05. The van der Waals surface area contributed by atoms with Gasteiger partial charge in [0.15, 0.2) is 0 Å². The number of methoxy groups -OCH3 is 1. The lowest BCUT2D eigenvalue weighted by Gasteiger charge is -2.05. The summed E-state index contributed by atoms with van der Waals surface area (Å²) >= 11 is 1.84. The first-order valence-electron chi connectivity index (χ1n) is 5.78. The van der Waals surface area contributed by atoms with Crippen LogP contribution in [0.2, 0.25) is 0 Å². The minimum absolute atomic E-state index is 0.810. The van der Waals surface area contributed by atoms with Crippen molar-refractivity contribution in [2.75, 3.05) is 26.0 Å². The Morgan fingerprint density at radius 3 is 2.62 bits per heavy atom. The summed E-state index contributed by atoms with van der Waals surface area (Å²) in [4.78, 5) is 1.32. The second-order valence-corrected chi connectivity index (χ2v) is 4.83. The molecule has 1 aromatic rings. The molecule has 0 aromatic heterocycles. The Hall–Kier alpha value is -0.510. The third-order valence-electron chi connectivity index (χ3n) is 2.24. The molecule has 0 saturated heterocycles. The molecule has 0 spiro atoms. The van der Waals surface area contributed by atoms with E-state index in [9.17, 15) is 0 Å². The molecule has 1 N–H and O–H groups in total. The monoisotopic (exact) mass is 239 g/mol. The van der Waals surface area contributed by atoms with E-state index in [0.717, 1.165) is 25.4 Å². The Kier molecular flexibility index (Phi) is 7.30. The molecule has 0 heterocycles. The Labute approximate surface area is 103 Å². The molecule has 0 aliphatic rings. The quantitative estimate of drug-likeness (QED) is 0.557. The summed E-state index contributed by atoms with van der Waals surface area (Å²) in [7, 11) is 1.74. The van der Waals surface area contributed by atoms with E-state index in [-0.39, 0.29) is 0 Å². The molecule has 1 aromatic carbocycles. The van der Waals surface area contributed by atoms with Gasteiger partial charge >= 0.3 is 0 Å². The van der Waals surface area contributed by atoms with Crippen LogP contribution in [0.5, 0.6) is 0 Å². The van der Waals surface area contributed by atoms with Crippen molar-refractivity contribution >= 4 is 11.8 Å². The summed E-state index contributed by atoms with van der Waals surface area (Å²) in [5.74, 6) is 1.02. The van der Waals surface area contributed by atoms with Crippen molar-refractivity contribution in [3.63, 3.8) is 0 Å². The Balaban J connectivity index is 2.30. The largest absolute Gasteiger partial charge is 0.384 e. The third-order valence-corrected chi connectivity index (χ3v) is 3.21. The highest BCUT2D eigenvalue weighted by Crippen LogP contribution is 2.17. The van der Waals surface area contributed by atoms with Gasteiger partial charge in [0.25, 0.3) is 0 Å². The topological polar surface area (TPSA) is 21.3 Å². The van der Waals surface area contributed by atoms with Crippen molar-refractivity contribution < 1.29 is 4.74 Å². The zero-order chi connectivity index (χ0) is 11.6. The lowest BCUT2D eigenvalue weighted by Crippen LogP contribution is -2.13. The molecule has 0 aliphatic carbocycles. The molecule has 0 aliphatic heterocycles. The maximum Gasteiger partial charge on any atom is 0.0556 e. The van der Waals surface area contributed by atoms with Crippen LogP contribution < -0.4 is 5.32 Å². The van der Waals surface area contributed by atoms with Gasteiger partial charge in [0.2, 0.25) is 0 Å².